The molecule has 1 aromatic carbocycles. The fraction of sp³-hybridized carbons (Fsp3) is 0.333. The predicted octanol–water partition coefficient (Wildman–Crippen LogP) is 2.44. The number of Topliss-reactive ketones (excluding diaryl/α,β-unsaturated/α-hetero) is 1. The molecule has 0 aromatic heterocycles. The van der Waals surface area contributed by atoms with Gasteiger partial charge in [-0.15, -0.1) is 0 Å². The van der Waals surface area contributed by atoms with Crippen molar-refractivity contribution in [1.82, 2.24) is 0 Å². The molecule has 0 radical (unpaired) electrons. The van der Waals surface area contributed by atoms with E-state index in [0.717, 1.165) is 4.47 Å². The van der Waals surface area contributed by atoms with Crippen LogP contribution < -0.4 is 0 Å². The molecular weight excluding hydrogens is 272 g/mol. The first-order chi connectivity index (χ1) is 7.63. The second-order valence-corrected chi connectivity index (χ2v) is 4.76. The number of rotatable bonds is 3. The van der Waals surface area contributed by atoms with Crippen molar-refractivity contribution >= 4 is 27.7 Å². The smallest absolute Gasteiger partial charge is 0.309 e. The maximum Gasteiger partial charge on any atom is 0.309 e. The summed E-state index contributed by atoms with van der Waals surface area (Å²) in [7, 11) is 1.35. The Bertz CT molecular complexity index is 424. The van der Waals surface area contributed by atoms with Gasteiger partial charge in [0, 0.05) is 16.0 Å². The molecule has 0 saturated heterocycles. The monoisotopic (exact) mass is 282 g/mol. The predicted molar refractivity (Wildman–Crippen MR) is 62.1 cm³/mol. The van der Waals surface area contributed by atoms with Crippen molar-refractivity contribution in [3.8, 4) is 0 Å². The second kappa shape index (κ2) is 4.37. The van der Waals surface area contributed by atoms with Gasteiger partial charge in [0.1, 0.15) is 0 Å². The lowest BCUT2D eigenvalue weighted by Crippen LogP contribution is -2.10. The van der Waals surface area contributed by atoms with E-state index < -0.39 is 0 Å². The van der Waals surface area contributed by atoms with E-state index >= 15 is 0 Å². The van der Waals surface area contributed by atoms with E-state index in [1.807, 2.05) is 12.1 Å². The van der Waals surface area contributed by atoms with E-state index in [1.165, 1.54) is 7.11 Å². The third-order valence-corrected chi connectivity index (χ3v) is 3.29. The minimum atomic E-state index is -0.282. The third-order valence-electron chi connectivity index (χ3n) is 2.76. The molecule has 0 amide bonds. The van der Waals surface area contributed by atoms with Gasteiger partial charge in [-0.3, -0.25) is 9.59 Å². The lowest BCUT2D eigenvalue weighted by atomic mass is 10.1. The normalized spacial score (nSPS) is 22.6. The van der Waals surface area contributed by atoms with Gasteiger partial charge in [0.2, 0.25) is 0 Å². The van der Waals surface area contributed by atoms with Crippen LogP contribution in [0.3, 0.4) is 0 Å². The highest BCUT2D eigenvalue weighted by Crippen LogP contribution is 2.41. The summed E-state index contributed by atoms with van der Waals surface area (Å²) < 4.78 is 5.55. The van der Waals surface area contributed by atoms with Crippen LogP contribution in [-0.4, -0.2) is 18.9 Å². The van der Waals surface area contributed by atoms with E-state index in [1.54, 1.807) is 12.1 Å². The van der Waals surface area contributed by atoms with Gasteiger partial charge in [0.05, 0.1) is 13.0 Å². The molecule has 0 aliphatic heterocycles. The summed E-state index contributed by atoms with van der Waals surface area (Å²) in [6.45, 7) is 0. The largest absolute Gasteiger partial charge is 0.469 e. The molecule has 0 N–H and O–H groups in total. The Hall–Kier alpha value is -1.16. The number of halogens is 1. The van der Waals surface area contributed by atoms with Gasteiger partial charge in [0.15, 0.2) is 5.78 Å². The number of hydrogen-bond acceptors (Lipinski definition) is 3. The zero-order valence-electron chi connectivity index (χ0n) is 8.77. The molecule has 4 heteroatoms. The van der Waals surface area contributed by atoms with Crippen molar-refractivity contribution in [2.45, 2.75) is 6.42 Å². The Kier molecular flexibility index (Phi) is 3.10. The van der Waals surface area contributed by atoms with Crippen LogP contribution in [0.4, 0.5) is 0 Å². The van der Waals surface area contributed by atoms with Crippen LogP contribution in [0.15, 0.2) is 28.7 Å². The van der Waals surface area contributed by atoms with Crippen LogP contribution in [0.2, 0.25) is 0 Å². The quantitative estimate of drug-likeness (QED) is 0.632. The van der Waals surface area contributed by atoms with Crippen LogP contribution in [0.5, 0.6) is 0 Å². The van der Waals surface area contributed by atoms with Crippen molar-refractivity contribution in [3.63, 3.8) is 0 Å². The van der Waals surface area contributed by atoms with Crippen LogP contribution in [0, 0.1) is 11.8 Å². The summed E-state index contributed by atoms with van der Waals surface area (Å²) in [4.78, 5) is 23.1. The molecular formula is C12H11BrO3. The average molecular weight is 283 g/mol. The fourth-order valence-electron chi connectivity index (χ4n) is 1.72. The number of hydrogen-bond donors (Lipinski definition) is 0. The van der Waals surface area contributed by atoms with Crippen molar-refractivity contribution in [1.29, 1.82) is 0 Å². The van der Waals surface area contributed by atoms with Gasteiger partial charge < -0.3 is 4.74 Å². The summed E-state index contributed by atoms with van der Waals surface area (Å²) in [5, 5.41) is 0. The van der Waals surface area contributed by atoms with E-state index in [0.29, 0.717) is 12.0 Å². The standard InChI is InChI=1S/C12H11BrO3/c1-16-12(15)10-6-9(10)11(14)7-2-4-8(13)5-3-7/h2-5,9-10H,6H2,1H3/t9-,10+/m1/s1. The van der Waals surface area contributed by atoms with E-state index in [2.05, 4.69) is 20.7 Å². The second-order valence-electron chi connectivity index (χ2n) is 3.84. The van der Waals surface area contributed by atoms with Crippen molar-refractivity contribution in [2.75, 3.05) is 7.11 Å². The average Bonchev–Trinajstić information content (AvgIpc) is 3.08. The molecule has 16 heavy (non-hydrogen) atoms. The topological polar surface area (TPSA) is 43.4 Å². The first-order valence-corrected chi connectivity index (χ1v) is 5.80. The van der Waals surface area contributed by atoms with Crippen LogP contribution in [-0.2, 0) is 9.53 Å². The number of carbonyl (C=O) groups excluding carboxylic acids is 2. The molecule has 0 spiro atoms. The zero-order chi connectivity index (χ0) is 11.7. The Labute approximate surface area is 102 Å². The number of ether oxygens (including phenoxy) is 1. The molecule has 1 aliphatic carbocycles. The maximum atomic E-state index is 11.9. The Morgan fingerprint density at radius 1 is 1.25 bits per heavy atom. The molecule has 2 atom stereocenters. The highest BCUT2D eigenvalue weighted by molar-refractivity contribution is 9.10. The molecule has 84 valence electrons. The van der Waals surface area contributed by atoms with Crippen LogP contribution in [0.1, 0.15) is 16.8 Å². The minimum Gasteiger partial charge on any atom is -0.469 e. The highest BCUT2D eigenvalue weighted by Gasteiger charge is 2.48. The maximum absolute atomic E-state index is 11.9. The number of carbonyl (C=O) groups is 2. The highest BCUT2D eigenvalue weighted by atomic mass is 79.9. The van der Waals surface area contributed by atoms with Crippen molar-refractivity contribution < 1.29 is 14.3 Å². The summed E-state index contributed by atoms with van der Waals surface area (Å²) >= 11 is 3.31. The molecule has 0 unspecified atom stereocenters. The van der Waals surface area contributed by atoms with E-state index in [-0.39, 0.29) is 23.6 Å². The molecule has 1 saturated carbocycles. The van der Waals surface area contributed by atoms with Crippen LogP contribution >= 0.6 is 15.9 Å². The minimum absolute atomic E-state index is 0.0305. The molecule has 1 aliphatic rings. The first-order valence-electron chi connectivity index (χ1n) is 5.01. The van der Waals surface area contributed by atoms with E-state index in [9.17, 15) is 9.59 Å². The summed E-state index contributed by atoms with van der Waals surface area (Å²) in [5.74, 6) is -0.673. The molecule has 1 aromatic rings. The number of ketones is 1. The number of benzene rings is 1. The number of esters is 1. The van der Waals surface area contributed by atoms with Gasteiger partial charge in [0.25, 0.3) is 0 Å². The lowest BCUT2D eigenvalue weighted by molar-refractivity contribution is -0.142. The molecule has 3 nitrogen and oxygen atoms in total. The van der Waals surface area contributed by atoms with Gasteiger partial charge in [-0.1, -0.05) is 28.1 Å². The molecule has 1 fully saturated rings. The van der Waals surface area contributed by atoms with Crippen LogP contribution in [0.25, 0.3) is 0 Å². The van der Waals surface area contributed by atoms with Gasteiger partial charge >= 0.3 is 5.97 Å². The summed E-state index contributed by atoms with van der Waals surface area (Å²) in [6, 6.07) is 7.17. The zero-order valence-corrected chi connectivity index (χ0v) is 10.4. The summed E-state index contributed by atoms with van der Waals surface area (Å²) in [6.07, 6.45) is 0.613. The third kappa shape index (κ3) is 2.16. The SMILES string of the molecule is COC(=O)[C@H]1C[C@H]1C(=O)c1ccc(Br)cc1. The number of methoxy groups -OCH3 is 1. The molecule has 0 bridgehead atoms. The summed E-state index contributed by atoms with van der Waals surface area (Å²) in [5.41, 5.74) is 0.652. The molecule has 0 heterocycles. The first kappa shape index (κ1) is 11.3. The van der Waals surface area contributed by atoms with Gasteiger partial charge in [-0.25, -0.2) is 0 Å². The Morgan fingerprint density at radius 3 is 2.44 bits per heavy atom. The van der Waals surface area contributed by atoms with E-state index in [4.69, 9.17) is 0 Å². The van der Waals surface area contributed by atoms with Crippen molar-refractivity contribution in [3.05, 3.63) is 34.3 Å². The Balaban J connectivity index is 2.05. The van der Waals surface area contributed by atoms with Crippen molar-refractivity contribution in [2.24, 2.45) is 11.8 Å². The fourth-order valence-corrected chi connectivity index (χ4v) is 1.99. The Morgan fingerprint density at radius 2 is 1.88 bits per heavy atom. The van der Waals surface area contributed by atoms with Gasteiger partial charge in [-0.05, 0) is 18.6 Å². The van der Waals surface area contributed by atoms with Gasteiger partial charge in [-0.2, -0.15) is 0 Å². The molecule has 2 rings (SSSR count). The lowest BCUT2D eigenvalue weighted by Gasteiger charge is -2.00.